The lowest BCUT2D eigenvalue weighted by Gasteiger charge is -2.25. The van der Waals surface area contributed by atoms with Gasteiger partial charge < -0.3 is 13.7 Å². The highest BCUT2D eigenvalue weighted by Gasteiger charge is 2.20. The molecule has 41 heavy (non-hydrogen) atoms. The van der Waals surface area contributed by atoms with E-state index in [1.807, 2.05) is 66.7 Å². The average Bonchev–Trinajstić information content (AvgIpc) is 3.40. The van der Waals surface area contributed by atoms with E-state index in [4.69, 9.17) is 8.83 Å². The lowest BCUT2D eigenvalue weighted by Crippen LogP contribution is -2.10. The molecule has 0 aliphatic carbocycles. The molecule has 4 nitrogen and oxygen atoms in total. The first-order valence-electron chi connectivity index (χ1n) is 13.6. The maximum Gasteiger partial charge on any atom is 0.200 e. The van der Waals surface area contributed by atoms with Gasteiger partial charge >= 0.3 is 0 Å². The van der Waals surface area contributed by atoms with Crippen LogP contribution in [0.5, 0.6) is 0 Å². The van der Waals surface area contributed by atoms with Gasteiger partial charge in [-0.15, -0.1) is 0 Å². The normalized spacial score (nSPS) is 11.5. The summed E-state index contributed by atoms with van der Waals surface area (Å²) in [6.07, 6.45) is 0. The highest BCUT2D eigenvalue weighted by atomic mass is 16.3. The zero-order valence-electron chi connectivity index (χ0n) is 22.0. The van der Waals surface area contributed by atoms with E-state index in [0.29, 0.717) is 27.5 Å². The third kappa shape index (κ3) is 3.80. The van der Waals surface area contributed by atoms with Gasteiger partial charge in [0, 0.05) is 28.2 Å². The third-order valence-electron chi connectivity index (χ3n) is 7.66. The van der Waals surface area contributed by atoms with E-state index in [2.05, 4.69) is 71.6 Å². The molecule has 8 aromatic rings. The Labute approximate surface area is 235 Å². The van der Waals surface area contributed by atoms with Crippen LogP contribution in [0.15, 0.2) is 153 Å². The van der Waals surface area contributed by atoms with E-state index >= 15 is 0 Å². The minimum Gasteiger partial charge on any atom is -0.456 e. The molecule has 0 aliphatic heterocycles. The van der Waals surface area contributed by atoms with E-state index in [-0.39, 0.29) is 5.43 Å². The number of nitrogens with zero attached hydrogens (tertiary/aromatic N) is 1. The second-order valence-corrected chi connectivity index (χ2v) is 10.1. The summed E-state index contributed by atoms with van der Waals surface area (Å²) in [6, 6.07) is 46.4. The molecular formula is C37H23NO3. The van der Waals surface area contributed by atoms with Gasteiger partial charge in [-0.25, -0.2) is 0 Å². The number of furan rings is 1. The summed E-state index contributed by atoms with van der Waals surface area (Å²) in [5, 5.41) is 2.93. The molecule has 0 spiro atoms. The molecule has 2 heterocycles. The van der Waals surface area contributed by atoms with Crippen molar-refractivity contribution in [2.75, 3.05) is 4.90 Å². The van der Waals surface area contributed by atoms with Crippen LogP contribution in [0.3, 0.4) is 0 Å². The van der Waals surface area contributed by atoms with Crippen LogP contribution in [0, 0.1) is 0 Å². The first-order valence-corrected chi connectivity index (χ1v) is 13.6. The highest BCUT2D eigenvalue weighted by Crippen LogP contribution is 2.43. The molecule has 0 saturated carbocycles. The number of rotatable bonds is 4. The van der Waals surface area contributed by atoms with E-state index in [9.17, 15) is 4.79 Å². The Hall–Kier alpha value is -5.61. The maximum atomic E-state index is 13.4. The number of benzene rings is 6. The van der Waals surface area contributed by atoms with Crippen molar-refractivity contribution in [3.8, 4) is 11.1 Å². The van der Waals surface area contributed by atoms with Crippen LogP contribution >= 0.6 is 0 Å². The molecule has 0 amide bonds. The van der Waals surface area contributed by atoms with E-state index in [1.54, 1.807) is 6.07 Å². The molecule has 0 unspecified atom stereocenters. The molecule has 0 atom stereocenters. The zero-order valence-corrected chi connectivity index (χ0v) is 22.0. The number of anilines is 3. The van der Waals surface area contributed by atoms with Gasteiger partial charge in [-0.2, -0.15) is 0 Å². The first kappa shape index (κ1) is 23.3. The van der Waals surface area contributed by atoms with Crippen molar-refractivity contribution in [3.05, 3.63) is 150 Å². The van der Waals surface area contributed by atoms with Crippen LogP contribution in [-0.4, -0.2) is 0 Å². The predicted molar refractivity (Wildman–Crippen MR) is 167 cm³/mol. The smallest absolute Gasteiger partial charge is 0.200 e. The van der Waals surface area contributed by atoms with Crippen molar-refractivity contribution >= 4 is 60.9 Å². The average molecular weight is 530 g/mol. The summed E-state index contributed by atoms with van der Waals surface area (Å²) in [5.41, 5.74) is 7.71. The quantitative estimate of drug-likeness (QED) is 0.213. The van der Waals surface area contributed by atoms with E-state index in [1.165, 1.54) is 5.56 Å². The zero-order chi connectivity index (χ0) is 27.3. The van der Waals surface area contributed by atoms with Crippen LogP contribution in [0.4, 0.5) is 17.1 Å². The third-order valence-corrected chi connectivity index (χ3v) is 7.66. The molecule has 0 fully saturated rings. The van der Waals surface area contributed by atoms with E-state index in [0.717, 1.165) is 39.0 Å². The van der Waals surface area contributed by atoms with Crippen molar-refractivity contribution in [3.63, 3.8) is 0 Å². The Bertz CT molecular complexity index is 2260. The molecule has 6 aromatic carbocycles. The second-order valence-electron chi connectivity index (χ2n) is 10.1. The number of hydrogen-bond donors (Lipinski definition) is 0. The first-order chi connectivity index (χ1) is 20.2. The molecule has 0 bridgehead atoms. The summed E-state index contributed by atoms with van der Waals surface area (Å²) in [4.78, 5) is 15.6. The largest absolute Gasteiger partial charge is 0.456 e. The molecule has 0 N–H and O–H groups in total. The van der Waals surface area contributed by atoms with Gasteiger partial charge in [-0.1, -0.05) is 84.9 Å². The second kappa shape index (κ2) is 9.25. The molecule has 0 radical (unpaired) electrons. The number of hydrogen-bond acceptors (Lipinski definition) is 4. The molecule has 194 valence electrons. The van der Waals surface area contributed by atoms with Crippen LogP contribution in [0.1, 0.15) is 0 Å². The molecule has 0 aliphatic rings. The minimum absolute atomic E-state index is 0.0429. The standard InChI is InChI=1S/C37H23NO3/c39-36-29-14-7-8-17-33(29)40-35-23-34-30(22-31(35)36)28-15-9-16-32(37(28)41-34)38(26-12-5-2-6-13-26)27-20-18-25(19-21-27)24-10-3-1-4-11-24/h1-23H. The molecule has 8 rings (SSSR count). The molecule has 2 aromatic heterocycles. The summed E-state index contributed by atoms with van der Waals surface area (Å²) in [6.45, 7) is 0. The number of para-hydroxylation sites is 3. The van der Waals surface area contributed by atoms with E-state index < -0.39 is 0 Å². The Morgan fingerprint density at radius 1 is 0.439 bits per heavy atom. The van der Waals surface area contributed by atoms with Gasteiger partial charge in [0.05, 0.1) is 16.5 Å². The van der Waals surface area contributed by atoms with Crippen molar-refractivity contribution in [1.82, 2.24) is 0 Å². The lowest BCUT2D eigenvalue weighted by molar-refractivity contribution is 0.650. The van der Waals surface area contributed by atoms with Crippen LogP contribution in [-0.2, 0) is 0 Å². The fraction of sp³-hybridized carbons (Fsp3) is 0. The maximum absolute atomic E-state index is 13.4. The topological polar surface area (TPSA) is 46.6 Å². The van der Waals surface area contributed by atoms with Gasteiger partial charge in [0.25, 0.3) is 0 Å². The Balaban J connectivity index is 1.35. The number of fused-ring (bicyclic) bond motifs is 5. The van der Waals surface area contributed by atoms with Crippen molar-refractivity contribution < 1.29 is 8.83 Å². The molecule has 0 saturated heterocycles. The molecular weight excluding hydrogens is 506 g/mol. The fourth-order valence-corrected chi connectivity index (χ4v) is 5.69. The van der Waals surface area contributed by atoms with Gasteiger partial charge in [-0.05, 0) is 59.7 Å². The van der Waals surface area contributed by atoms with Gasteiger partial charge in [0.1, 0.15) is 16.7 Å². The van der Waals surface area contributed by atoms with Crippen LogP contribution < -0.4 is 10.3 Å². The summed E-state index contributed by atoms with van der Waals surface area (Å²) in [5.74, 6) is 0. The van der Waals surface area contributed by atoms with Gasteiger partial charge in [-0.3, -0.25) is 4.79 Å². The van der Waals surface area contributed by atoms with Crippen molar-refractivity contribution in [1.29, 1.82) is 0 Å². The summed E-state index contributed by atoms with van der Waals surface area (Å²) in [7, 11) is 0. The molecule has 4 heteroatoms. The fourth-order valence-electron chi connectivity index (χ4n) is 5.69. The van der Waals surface area contributed by atoms with Crippen molar-refractivity contribution in [2.24, 2.45) is 0 Å². The highest BCUT2D eigenvalue weighted by molar-refractivity contribution is 6.13. The SMILES string of the molecule is O=c1c2ccccc2oc2cc3oc4c(N(c5ccccc5)c5ccc(-c6ccccc6)cc5)cccc4c3cc12. The lowest BCUT2D eigenvalue weighted by atomic mass is 10.0. The van der Waals surface area contributed by atoms with Crippen LogP contribution in [0.2, 0.25) is 0 Å². The monoisotopic (exact) mass is 529 g/mol. The van der Waals surface area contributed by atoms with Crippen LogP contribution in [0.25, 0.3) is 55.0 Å². The summed E-state index contributed by atoms with van der Waals surface area (Å²) < 4.78 is 12.7. The Morgan fingerprint density at radius 3 is 1.88 bits per heavy atom. The Kier molecular flexibility index (Phi) is 5.25. The summed E-state index contributed by atoms with van der Waals surface area (Å²) >= 11 is 0. The van der Waals surface area contributed by atoms with Gasteiger partial charge in [0.15, 0.2) is 5.58 Å². The van der Waals surface area contributed by atoms with Gasteiger partial charge in [0.2, 0.25) is 5.43 Å². The predicted octanol–water partition coefficient (Wildman–Crippen LogP) is 9.98. The Morgan fingerprint density at radius 2 is 1.07 bits per heavy atom. The minimum atomic E-state index is -0.0429. The van der Waals surface area contributed by atoms with Crippen molar-refractivity contribution in [2.45, 2.75) is 0 Å².